The number of imidazole rings is 1. The highest BCUT2D eigenvalue weighted by molar-refractivity contribution is 7.89. The van der Waals surface area contributed by atoms with Gasteiger partial charge in [-0.2, -0.15) is 4.31 Å². The number of hydrogen-bond acceptors (Lipinski definition) is 4. The van der Waals surface area contributed by atoms with Crippen LogP contribution in [-0.4, -0.2) is 41.3 Å². The average molecular weight is 570 g/mol. The van der Waals surface area contributed by atoms with E-state index in [4.69, 9.17) is 23.2 Å². The van der Waals surface area contributed by atoms with E-state index in [1.54, 1.807) is 16.7 Å². The first-order valence-corrected chi connectivity index (χ1v) is 14.4. The smallest absolute Gasteiger partial charge is 0.243 e. The minimum atomic E-state index is -3.90. The number of benzene rings is 3. The summed E-state index contributed by atoms with van der Waals surface area (Å²) in [7, 11) is -3.90. The van der Waals surface area contributed by atoms with Crippen LogP contribution in [0.4, 0.5) is 5.95 Å². The first kappa shape index (κ1) is 26.4. The molecule has 0 atom stereocenters. The Balaban J connectivity index is 1.44. The van der Waals surface area contributed by atoms with Crippen molar-refractivity contribution in [3.8, 4) is 16.9 Å². The van der Waals surface area contributed by atoms with Crippen LogP contribution in [-0.2, 0) is 14.8 Å². The van der Waals surface area contributed by atoms with Crippen LogP contribution in [0.3, 0.4) is 0 Å². The van der Waals surface area contributed by atoms with Gasteiger partial charge in [-0.05, 0) is 79.8 Å². The van der Waals surface area contributed by atoms with Crippen LogP contribution < -0.4 is 5.32 Å². The normalized spacial score (nSPS) is 13.6. The lowest BCUT2D eigenvalue weighted by Gasteiger charge is -2.22. The van der Waals surface area contributed by atoms with Crippen LogP contribution >= 0.6 is 23.2 Å². The number of aromatic nitrogens is 2. The zero-order chi connectivity index (χ0) is 26.9. The Morgan fingerprint density at radius 2 is 1.68 bits per heavy atom. The van der Waals surface area contributed by atoms with Crippen molar-refractivity contribution in [2.75, 3.05) is 18.4 Å². The summed E-state index contributed by atoms with van der Waals surface area (Å²) in [6.07, 6.45) is 3.72. The van der Waals surface area contributed by atoms with Gasteiger partial charge in [0.2, 0.25) is 21.9 Å². The number of amides is 1. The topological polar surface area (TPSA) is 84.3 Å². The molecule has 0 spiro atoms. The second kappa shape index (κ2) is 10.9. The van der Waals surface area contributed by atoms with Gasteiger partial charge < -0.3 is 0 Å². The van der Waals surface area contributed by atoms with Gasteiger partial charge >= 0.3 is 0 Å². The molecular weight excluding hydrogens is 543 g/mol. The molecule has 4 aromatic rings. The monoisotopic (exact) mass is 568 g/mol. The van der Waals surface area contributed by atoms with Gasteiger partial charge in [0.15, 0.2) is 0 Å². The van der Waals surface area contributed by atoms with E-state index in [1.165, 1.54) is 28.6 Å². The molecule has 3 aromatic carbocycles. The van der Waals surface area contributed by atoms with Gasteiger partial charge in [0.25, 0.3) is 0 Å². The molecule has 1 N–H and O–H groups in total. The molecule has 1 aliphatic carbocycles. The molecule has 10 heteroatoms. The van der Waals surface area contributed by atoms with E-state index in [1.807, 2.05) is 49.5 Å². The van der Waals surface area contributed by atoms with E-state index in [-0.39, 0.29) is 23.9 Å². The van der Waals surface area contributed by atoms with Crippen LogP contribution in [0.25, 0.3) is 16.9 Å². The molecule has 1 fully saturated rings. The third-order valence-corrected chi connectivity index (χ3v) is 8.64. The molecule has 0 radical (unpaired) electrons. The molecule has 0 unspecified atom stereocenters. The molecule has 7 nitrogen and oxygen atoms in total. The fraction of sp³-hybridized carbons (Fsp3) is 0.214. The number of halogens is 2. The van der Waals surface area contributed by atoms with Gasteiger partial charge in [0.05, 0.1) is 17.1 Å². The van der Waals surface area contributed by atoms with Crippen molar-refractivity contribution in [2.45, 2.75) is 24.7 Å². The summed E-state index contributed by atoms with van der Waals surface area (Å²) in [5.41, 5.74) is 3.34. The zero-order valence-corrected chi connectivity index (χ0v) is 23.0. The van der Waals surface area contributed by atoms with Crippen LogP contribution in [0.2, 0.25) is 10.0 Å². The lowest BCUT2D eigenvalue weighted by atomic mass is 10.2. The number of sulfonamides is 1. The molecule has 5 rings (SSSR count). The van der Waals surface area contributed by atoms with Crippen molar-refractivity contribution in [3.63, 3.8) is 0 Å². The van der Waals surface area contributed by atoms with Gasteiger partial charge in [-0.3, -0.25) is 14.7 Å². The number of aryl methyl sites for hydroxylation is 1. The van der Waals surface area contributed by atoms with Gasteiger partial charge in [-0.15, -0.1) is 0 Å². The first-order valence-electron chi connectivity index (χ1n) is 12.2. The van der Waals surface area contributed by atoms with E-state index in [0.29, 0.717) is 21.7 Å². The predicted molar refractivity (Wildman–Crippen MR) is 150 cm³/mol. The SMILES string of the molecule is Cc1cccc(-n2cc(-c3ccc(Cl)cc3)nc2NC(=O)CN(CC2CC2)S(=O)(=O)c2ccc(Cl)cc2)c1. The van der Waals surface area contributed by atoms with E-state index in [2.05, 4.69) is 10.3 Å². The molecule has 38 heavy (non-hydrogen) atoms. The zero-order valence-electron chi connectivity index (χ0n) is 20.6. The largest absolute Gasteiger partial charge is 0.294 e. The Hall–Kier alpha value is -3.17. The van der Waals surface area contributed by atoms with Gasteiger partial charge in [0.1, 0.15) is 0 Å². The molecule has 1 saturated carbocycles. The van der Waals surface area contributed by atoms with E-state index in [9.17, 15) is 13.2 Å². The van der Waals surface area contributed by atoms with Crippen LogP contribution in [0.15, 0.2) is 83.9 Å². The third kappa shape index (κ3) is 6.10. The minimum absolute atomic E-state index is 0.0987. The van der Waals surface area contributed by atoms with Crippen molar-refractivity contribution >= 4 is 45.1 Å². The fourth-order valence-electron chi connectivity index (χ4n) is 4.12. The number of nitrogens with one attached hydrogen (secondary N) is 1. The Bertz CT molecular complexity index is 1560. The quantitative estimate of drug-likeness (QED) is 0.261. The molecule has 1 aromatic heterocycles. The highest BCUT2D eigenvalue weighted by Gasteiger charge is 2.33. The Morgan fingerprint density at radius 1 is 1.03 bits per heavy atom. The number of hydrogen-bond donors (Lipinski definition) is 1. The van der Waals surface area contributed by atoms with Crippen molar-refractivity contribution in [1.29, 1.82) is 0 Å². The summed E-state index contributed by atoms with van der Waals surface area (Å²) in [6.45, 7) is 1.93. The maximum atomic E-state index is 13.4. The second-order valence-corrected chi connectivity index (χ2v) is 12.2. The maximum absolute atomic E-state index is 13.4. The van der Waals surface area contributed by atoms with Crippen molar-refractivity contribution in [2.24, 2.45) is 5.92 Å². The first-order chi connectivity index (χ1) is 18.2. The third-order valence-electron chi connectivity index (χ3n) is 6.31. The van der Waals surface area contributed by atoms with Crippen LogP contribution in [0.5, 0.6) is 0 Å². The van der Waals surface area contributed by atoms with E-state index < -0.39 is 15.9 Å². The average Bonchev–Trinajstić information content (AvgIpc) is 3.61. The molecule has 1 aliphatic rings. The lowest BCUT2D eigenvalue weighted by Crippen LogP contribution is -2.39. The lowest BCUT2D eigenvalue weighted by molar-refractivity contribution is -0.116. The fourth-order valence-corrected chi connectivity index (χ4v) is 5.84. The summed E-state index contributed by atoms with van der Waals surface area (Å²) < 4.78 is 29.8. The molecule has 1 amide bonds. The molecule has 0 saturated heterocycles. The van der Waals surface area contributed by atoms with Crippen molar-refractivity contribution in [3.05, 3.63) is 94.6 Å². The van der Waals surface area contributed by atoms with Crippen LogP contribution in [0, 0.1) is 12.8 Å². The van der Waals surface area contributed by atoms with Crippen molar-refractivity contribution in [1.82, 2.24) is 13.9 Å². The minimum Gasteiger partial charge on any atom is -0.294 e. The number of rotatable bonds is 9. The summed E-state index contributed by atoms with van der Waals surface area (Å²) in [4.78, 5) is 18.1. The molecule has 196 valence electrons. The Morgan fingerprint density at radius 3 is 2.32 bits per heavy atom. The standard InChI is InChI=1S/C28H26Cl2N4O3S/c1-19-3-2-4-24(15-19)34-17-26(21-7-9-22(29)10-8-21)31-28(34)32-27(35)18-33(16-20-5-6-20)38(36,37)25-13-11-23(30)12-14-25/h2-4,7-15,17,20H,5-6,16,18H2,1H3,(H,31,32,35). The molecule has 0 aliphatic heterocycles. The van der Waals surface area contributed by atoms with Crippen LogP contribution in [0.1, 0.15) is 18.4 Å². The Labute approximate surface area is 232 Å². The maximum Gasteiger partial charge on any atom is 0.243 e. The van der Waals surface area contributed by atoms with Gasteiger partial charge in [0, 0.05) is 34.0 Å². The number of nitrogens with zero attached hydrogens (tertiary/aromatic N) is 3. The molecule has 1 heterocycles. The van der Waals surface area contributed by atoms with E-state index >= 15 is 0 Å². The summed E-state index contributed by atoms with van der Waals surface area (Å²) in [5, 5.41) is 3.90. The summed E-state index contributed by atoms with van der Waals surface area (Å²) in [5.74, 6) is 0.0572. The molecular formula is C28H26Cl2N4O3S. The number of carbonyl (C=O) groups excluding carboxylic acids is 1. The second-order valence-electron chi connectivity index (χ2n) is 9.41. The summed E-state index contributed by atoms with van der Waals surface area (Å²) in [6, 6.07) is 21.0. The summed E-state index contributed by atoms with van der Waals surface area (Å²) >= 11 is 12.0. The molecule has 0 bridgehead atoms. The predicted octanol–water partition coefficient (Wildman–Crippen LogP) is 6.19. The van der Waals surface area contributed by atoms with E-state index in [0.717, 1.165) is 29.7 Å². The van der Waals surface area contributed by atoms with Crippen molar-refractivity contribution < 1.29 is 13.2 Å². The number of anilines is 1. The Kier molecular flexibility index (Phi) is 7.59. The highest BCUT2D eigenvalue weighted by atomic mass is 35.5. The highest BCUT2D eigenvalue weighted by Crippen LogP contribution is 2.32. The van der Waals surface area contributed by atoms with Gasteiger partial charge in [-0.25, -0.2) is 13.4 Å². The number of carbonyl (C=O) groups is 1. The van der Waals surface area contributed by atoms with Gasteiger partial charge in [-0.1, -0.05) is 47.5 Å².